The topological polar surface area (TPSA) is 58.6 Å². The number of unbranched alkanes of at least 4 members (excludes halogenated alkanes) is 1. The predicted molar refractivity (Wildman–Crippen MR) is 137 cm³/mol. The molecule has 0 aromatic heterocycles. The van der Waals surface area contributed by atoms with E-state index in [1.807, 2.05) is 42.5 Å². The van der Waals surface area contributed by atoms with Crippen molar-refractivity contribution in [3.05, 3.63) is 64.7 Å². The van der Waals surface area contributed by atoms with Gasteiger partial charge < -0.3 is 15.0 Å². The number of carbonyl (C=O) groups is 2. The average Bonchev–Trinajstić information content (AvgIpc) is 2.86. The molecule has 5 nitrogen and oxygen atoms in total. The van der Waals surface area contributed by atoms with E-state index in [-0.39, 0.29) is 30.3 Å². The summed E-state index contributed by atoms with van der Waals surface area (Å²) in [4.78, 5) is 28.2. The Balaban J connectivity index is 1.91. The van der Waals surface area contributed by atoms with Crippen LogP contribution in [0.25, 0.3) is 0 Å². The van der Waals surface area contributed by atoms with Gasteiger partial charge in [-0.25, -0.2) is 0 Å². The Morgan fingerprint density at radius 3 is 2.44 bits per heavy atom. The summed E-state index contributed by atoms with van der Waals surface area (Å²) < 4.78 is 5.78. The van der Waals surface area contributed by atoms with Gasteiger partial charge in [-0.3, -0.25) is 9.59 Å². The highest BCUT2D eigenvalue weighted by atomic mass is 35.5. The summed E-state index contributed by atoms with van der Waals surface area (Å²) in [5.74, 6) is -0.00809. The molecule has 0 radical (unpaired) electrons. The molecule has 1 aliphatic carbocycles. The van der Waals surface area contributed by atoms with E-state index in [1.165, 1.54) is 11.3 Å². The number of nitrogens with zero attached hydrogens (tertiary/aromatic N) is 1. The standard InChI is InChI=1S/C27H34Cl2N2O3/c1-2-3-17-34-23-15-13-20(14-16-23)26(27(33)30-22-10-5-4-6-11-22)31(25(32)18-28)19-21-9-7-8-12-24(21)29/h7-9,12-16,22,26H,2-6,10-11,17-19H2,1H3,(H,30,33)/t26-/m0/s1. The third-order valence-corrected chi connectivity index (χ3v) is 6.80. The summed E-state index contributed by atoms with van der Waals surface area (Å²) >= 11 is 12.4. The second kappa shape index (κ2) is 13.6. The highest BCUT2D eigenvalue weighted by Gasteiger charge is 2.33. The minimum Gasteiger partial charge on any atom is -0.494 e. The van der Waals surface area contributed by atoms with E-state index in [9.17, 15) is 9.59 Å². The molecular formula is C27H34Cl2N2O3. The average molecular weight is 505 g/mol. The van der Waals surface area contributed by atoms with Gasteiger partial charge in [0.1, 0.15) is 17.7 Å². The van der Waals surface area contributed by atoms with Crippen LogP contribution < -0.4 is 10.1 Å². The fraction of sp³-hybridized carbons (Fsp3) is 0.481. The van der Waals surface area contributed by atoms with Gasteiger partial charge in [0.05, 0.1) is 6.61 Å². The first-order valence-electron chi connectivity index (χ1n) is 12.2. The molecule has 1 N–H and O–H groups in total. The van der Waals surface area contributed by atoms with Gasteiger partial charge in [0, 0.05) is 17.6 Å². The first-order valence-corrected chi connectivity index (χ1v) is 13.1. The molecule has 3 rings (SSSR count). The van der Waals surface area contributed by atoms with Gasteiger partial charge in [0.25, 0.3) is 0 Å². The SMILES string of the molecule is CCCCOc1ccc([C@@H](C(=O)NC2CCCCC2)N(Cc2ccccc2Cl)C(=O)CCl)cc1. The van der Waals surface area contributed by atoms with Crippen molar-refractivity contribution in [3.63, 3.8) is 0 Å². The van der Waals surface area contributed by atoms with E-state index < -0.39 is 6.04 Å². The van der Waals surface area contributed by atoms with Gasteiger partial charge in [-0.2, -0.15) is 0 Å². The van der Waals surface area contributed by atoms with Crippen LogP contribution in [-0.4, -0.2) is 35.2 Å². The quantitative estimate of drug-likeness (QED) is 0.289. The van der Waals surface area contributed by atoms with Crippen molar-refractivity contribution >= 4 is 35.0 Å². The second-order valence-electron chi connectivity index (χ2n) is 8.76. The van der Waals surface area contributed by atoms with Crippen LogP contribution in [0.5, 0.6) is 5.75 Å². The zero-order chi connectivity index (χ0) is 24.3. The molecule has 0 aliphatic heterocycles. The van der Waals surface area contributed by atoms with Gasteiger partial charge in [-0.05, 0) is 48.6 Å². The van der Waals surface area contributed by atoms with Crippen molar-refractivity contribution in [2.24, 2.45) is 0 Å². The maximum atomic E-state index is 13.6. The van der Waals surface area contributed by atoms with E-state index in [0.29, 0.717) is 17.2 Å². The van der Waals surface area contributed by atoms with E-state index in [1.54, 1.807) is 6.07 Å². The molecule has 2 aromatic carbocycles. The van der Waals surface area contributed by atoms with Crippen LogP contribution in [0.4, 0.5) is 0 Å². The molecule has 1 aliphatic rings. The fourth-order valence-corrected chi connectivity index (χ4v) is 4.64. The van der Waals surface area contributed by atoms with Crippen LogP contribution in [0, 0.1) is 0 Å². The Kier molecular flexibility index (Phi) is 10.5. The van der Waals surface area contributed by atoms with Crippen LogP contribution in [0.2, 0.25) is 5.02 Å². The molecule has 0 bridgehead atoms. The van der Waals surface area contributed by atoms with Crippen molar-refractivity contribution in [2.45, 2.75) is 70.5 Å². The van der Waals surface area contributed by atoms with E-state index in [2.05, 4.69) is 12.2 Å². The fourth-order valence-electron chi connectivity index (χ4n) is 4.29. The Hall–Kier alpha value is -2.24. The third kappa shape index (κ3) is 7.38. The summed E-state index contributed by atoms with van der Waals surface area (Å²) in [6.45, 7) is 2.94. The van der Waals surface area contributed by atoms with Gasteiger partial charge in [0.15, 0.2) is 0 Å². The molecule has 184 valence electrons. The number of hydrogen-bond acceptors (Lipinski definition) is 3. The van der Waals surface area contributed by atoms with E-state index in [4.69, 9.17) is 27.9 Å². The summed E-state index contributed by atoms with van der Waals surface area (Å²) in [6.07, 6.45) is 7.34. The molecule has 0 heterocycles. The van der Waals surface area contributed by atoms with Gasteiger partial charge in [-0.15, -0.1) is 11.6 Å². The van der Waals surface area contributed by atoms with Crippen molar-refractivity contribution in [1.82, 2.24) is 10.2 Å². The first kappa shape index (κ1) is 26.4. The highest BCUT2D eigenvalue weighted by molar-refractivity contribution is 6.31. The molecule has 1 fully saturated rings. The van der Waals surface area contributed by atoms with Gasteiger partial charge in [0.2, 0.25) is 11.8 Å². The maximum Gasteiger partial charge on any atom is 0.247 e. The smallest absolute Gasteiger partial charge is 0.247 e. The lowest BCUT2D eigenvalue weighted by Crippen LogP contribution is -2.47. The van der Waals surface area contributed by atoms with Crippen molar-refractivity contribution in [2.75, 3.05) is 12.5 Å². The number of rotatable bonds is 11. The lowest BCUT2D eigenvalue weighted by atomic mass is 9.94. The molecule has 2 aromatic rings. The predicted octanol–water partition coefficient (Wildman–Crippen LogP) is 6.28. The van der Waals surface area contributed by atoms with E-state index >= 15 is 0 Å². The number of amides is 2. The molecule has 1 atom stereocenters. The molecule has 0 saturated heterocycles. The minimum absolute atomic E-state index is 0.119. The van der Waals surface area contributed by atoms with Crippen molar-refractivity contribution in [3.8, 4) is 5.75 Å². The Morgan fingerprint density at radius 2 is 1.79 bits per heavy atom. The number of ether oxygens (including phenoxy) is 1. The Bertz CT molecular complexity index is 930. The minimum atomic E-state index is -0.825. The maximum absolute atomic E-state index is 13.6. The summed E-state index contributed by atoms with van der Waals surface area (Å²) in [6, 6.07) is 14.0. The van der Waals surface area contributed by atoms with Crippen molar-refractivity contribution < 1.29 is 14.3 Å². The van der Waals surface area contributed by atoms with Crippen LogP contribution in [-0.2, 0) is 16.1 Å². The van der Waals surface area contributed by atoms with Crippen molar-refractivity contribution in [1.29, 1.82) is 0 Å². The lowest BCUT2D eigenvalue weighted by molar-refractivity contribution is -0.140. The third-order valence-electron chi connectivity index (χ3n) is 6.21. The Morgan fingerprint density at radius 1 is 1.09 bits per heavy atom. The van der Waals surface area contributed by atoms with Gasteiger partial charge >= 0.3 is 0 Å². The molecule has 34 heavy (non-hydrogen) atoms. The van der Waals surface area contributed by atoms with Crippen LogP contribution in [0.3, 0.4) is 0 Å². The molecule has 0 unspecified atom stereocenters. The normalized spacial score (nSPS) is 14.9. The molecular weight excluding hydrogens is 471 g/mol. The largest absolute Gasteiger partial charge is 0.494 e. The number of alkyl halides is 1. The zero-order valence-electron chi connectivity index (χ0n) is 19.8. The number of halogens is 2. The number of benzene rings is 2. The van der Waals surface area contributed by atoms with Crippen LogP contribution >= 0.6 is 23.2 Å². The van der Waals surface area contributed by atoms with Crippen LogP contribution in [0.1, 0.15) is 69.0 Å². The molecule has 7 heteroatoms. The number of nitrogens with one attached hydrogen (secondary N) is 1. The summed E-state index contributed by atoms with van der Waals surface area (Å²) in [5.41, 5.74) is 1.47. The van der Waals surface area contributed by atoms with Crippen LogP contribution in [0.15, 0.2) is 48.5 Å². The zero-order valence-corrected chi connectivity index (χ0v) is 21.3. The molecule has 1 saturated carbocycles. The number of hydrogen-bond donors (Lipinski definition) is 1. The monoisotopic (exact) mass is 504 g/mol. The molecule has 2 amide bonds. The Labute approximate surface area is 212 Å². The highest BCUT2D eigenvalue weighted by Crippen LogP contribution is 2.29. The first-order chi connectivity index (χ1) is 16.5. The summed E-state index contributed by atoms with van der Waals surface area (Å²) in [5, 5.41) is 3.74. The second-order valence-corrected chi connectivity index (χ2v) is 9.44. The van der Waals surface area contributed by atoms with Gasteiger partial charge in [-0.1, -0.05) is 74.5 Å². The lowest BCUT2D eigenvalue weighted by Gasteiger charge is -2.33. The van der Waals surface area contributed by atoms with E-state index in [0.717, 1.165) is 49.8 Å². The molecule has 0 spiro atoms. The summed E-state index contributed by atoms with van der Waals surface area (Å²) in [7, 11) is 0. The number of carbonyl (C=O) groups excluding carboxylic acids is 2.